The van der Waals surface area contributed by atoms with E-state index in [2.05, 4.69) is 78.6 Å². The highest BCUT2D eigenvalue weighted by molar-refractivity contribution is 5.50. The highest BCUT2D eigenvalue weighted by Gasteiger charge is 2.24. The van der Waals surface area contributed by atoms with Crippen LogP contribution in [-0.2, 0) is 12.8 Å². The Morgan fingerprint density at radius 2 is 1.36 bits per heavy atom. The van der Waals surface area contributed by atoms with Gasteiger partial charge in [0, 0.05) is 19.0 Å². The average Bonchev–Trinajstić information content (AvgIpc) is 3.41. The third kappa shape index (κ3) is 4.79. The second-order valence-corrected chi connectivity index (χ2v) is 9.43. The number of benzene rings is 3. The van der Waals surface area contributed by atoms with Gasteiger partial charge in [0.05, 0.1) is 7.11 Å². The molecule has 0 aromatic heterocycles. The minimum absolute atomic E-state index is 0.122. The molecule has 1 fully saturated rings. The molecule has 172 valence electrons. The first-order chi connectivity index (χ1) is 16.2. The van der Waals surface area contributed by atoms with Gasteiger partial charge in [0.1, 0.15) is 17.7 Å². The Kier molecular flexibility index (Phi) is 6.68. The lowest BCUT2D eigenvalue weighted by Crippen LogP contribution is -2.34. The molecule has 1 saturated heterocycles. The summed E-state index contributed by atoms with van der Waals surface area (Å²) in [6.07, 6.45) is 7.62. The fourth-order valence-corrected chi connectivity index (χ4v) is 5.54. The molecule has 33 heavy (non-hydrogen) atoms. The molecular formula is C30H35NO2. The van der Waals surface area contributed by atoms with E-state index in [1.165, 1.54) is 60.8 Å². The number of aryl methyl sites for hydroxylation is 1. The molecule has 3 heteroatoms. The third-order valence-electron chi connectivity index (χ3n) is 7.37. The predicted molar refractivity (Wildman–Crippen MR) is 134 cm³/mol. The van der Waals surface area contributed by atoms with Gasteiger partial charge in [0.15, 0.2) is 0 Å². The summed E-state index contributed by atoms with van der Waals surface area (Å²) in [4.78, 5) is 2.42. The number of hydrogen-bond acceptors (Lipinski definition) is 3. The van der Waals surface area contributed by atoms with Crippen LogP contribution in [0, 0.1) is 0 Å². The van der Waals surface area contributed by atoms with Crippen molar-refractivity contribution in [3.05, 3.63) is 94.5 Å². The zero-order valence-electron chi connectivity index (χ0n) is 19.9. The zero-order chi connectivity index (χ0) is 22.6. The van der Waals surface area contributed by atoms with E-state index in [1.54, 1.807) is 12.7 Å². The largest absolute Gasteiger partial charge is 0.497 e. The number of methoxy groups -OCH3 is 1. The molecule has 0 radical (unpaired) electrons. The lowest BCUT2D eigenvalue weighted by molar-refractivity contribution is 0.0592. The van der Waals surface area contributed by atoms with Gasteiger partial charge in [-0.05, 0) is 97.5 Å². The number of rotatable bonds is 7. The normalized spacial score (nSPS) is 17.9. The first-order valence-electron chi connectivity index (χ1n) is 12.5. The lowest BCUT2D eigenvalue weighted by Gasteiger charge is -2.27. The Hall–Kier alpha value is -2.78. The maximum absolute atomic E-state index is 6.27. The summed E-state index contributed by atoms with van der Waals surface area (Å²) in [5, 5.41) is 0. The average molecular weight is 442 g/mol. The van der Waals surface area contributed by atoms with E-state index in [0.717, 1.165) is 24.6 Å². The van der Waals surface area contributed by atoms with Crippen LogP contribution < -0.4 is 9.47 Å². The van der Waals surface area contributed by atoms with Gasteiger partial charge in [-0.2, -0.15) is 0 Å². The molecule has 0 spiro atoms. The quantitative estimate of drug-likeness (QED) is 0.387. The van der Waals surface area contributed by atoms with Crippen molar-refractivity contribution in [3.63, 3.8) is 0 Å². The van der Waals surface area contributed by atoms with Gasteiger partial charge in [-0.25, -0.2) is 0 Å². The van der Waals surface area contributed by atoms with E-state index in [1.807, 2.05) is 0 Å². The van der Waals surface area contributed by atoms with Crippen molar-refractivity contribution in [1.29, 1.82) is 0 Å². The van der Waals surface area contributed by atoms with Crippen molar-refractivity contribution in [1.82, 2.24) is 4.90 Å². The Bertz CT molecular complexity index is 1050. The van der Waals surface area contributed by atoms with Crippen molar-refractivity contribution >= 4 is 0 Å². The van der Waals surface area contributed by atoms with Crippen LogP contribution >= 0.6 is 0 Å². The van der Waals surface area contributed by atoms with E-state index in [4.69, 9.17) is 9.47 Å². The van der Waals surface area contributed by atoms with Gasteiger partial charge < -0.3 is 9.47 Å². The summed E-state index contributed by atoms with van der Waals surface area (Å²) >= 11 is 0. The molecule has 1 aliphatic carbocycles. The van der Waals surface area contributed by atoms with Crippen LogP contribution in [0.15, 0.2) is 66.7 Å². The van der Waals surface area contributed by atoms with E-state index in [-0.39, 0.29) is 12.1 Å². The Morgan fingerprint density at radius 1 is 0.727 bits per heavy atom. The van der Waals surface area contributed by atoms with Crippen molar-refractivity contribution < 1.29 is 9.47 Å². The molecule has 0 saturated carbocycles. The van der Waals surface area contributed by atoms with E-state index < -0.39 is 0 Å². The Morgan fingerprint density at radius 3 is 2.03 bits per heavy atom. The smallest absolute Gasteiger partial charge is 0.149 e. The van der Waals surface area contributed by atoms with Gasteiger partial charge in [0.25, 0.3) is 0 Å². The molecule has 2 aliphatic rings. The predicted octanol–water partition coefficient (Wildman–Crippen LogP) is 6.57. The maximum Gasteiger partial charge on any atom is 0.149 e. The van der Waals surface area contributed by atoms with Gasteiger partial charge in [-0.15, -0.1) is 0 Å². The van der Waals surface area contributed by atoms with Crippen LogP contribution in [0.1, 0.15) is 66.3 Å². The number of fused-ring (bicyclic) bond motifs is 1. The monoisotopic (exact) mass is 441 g/mol. The minimum Gasteiger partial charge on any atom is -0.497 e. The summed E-state index contributed by atoms with van der Waals surface area (Å²) in [7, 11) is 1.72. The topological polar surface area (TPSA) is 21.7 Å². The molecule has 0 N–H and O–H groups in total. The molecule has 0 bridgehead atoms. The number of nitrogens with zero attached hydrogens (tertiary/aromatic N) is 1. The van der Waals surface area contributed by atoms with Gasteiger partial charge in [0.2, 0.25) is 0 Å². The Balaban J connectivity index is 1.48. The summed E-state index contributed by atoms with van der Waals surface area (Å²) in [5.74, 6) is 2.04. The molecule has 5 rings (SSSR count). The number of hydrogen-bond donors (Lipinski definition) is 0. The molecule has 1 aliphatic heterocycles. The summed E-state index contributed by atoms with van der Waals surface area (Å²) in [6.45, 7) is 4.44. The fraction of sp³-hybridized carbons (Fsp3) is 0.400. The highest BCUT2D eigenvalue weighted by atomic mass is 16.5. The first-order valence-corrected chi connectivity index (χ1v) is 12.5. The molecule has 3 aromatic rings. The molecule has 3 aromatic carbocycles. The summed E-state index contributed by atoms with van der Waals surface area (Å²) in [6, 6.07) is 24.3. The van der Waals surface area contributed by atoms with E-state index >= 15 is 0 Å². The molecule has 0 amide bonds. The van der Waals surface area contributed by atoms with Crippen LogP contribution in [-0.4, -0.2) is 31.3 Å². The van der Waals surface area contributed by atoms with Crippen molar-refractivity contribution in [2.75, 3.05) is 20.2 Å². The second kappa shape index (κ2) is 10.0. The number of ether oxygens (including phenoxy) is 2. The number of likely N-dealkylation sites (tertiary alicyclic amines) is 1. The van der Waals surface area contributed by atoms with Gasteiger partial charge >= 0.3 is 0 Å². The SMILES string of the molecule is COc1ccc(C(c2ccc(OC(C)N3CCCC3)cc2)c2cccc3c2CCCC3)cc1. The first kappa shape index (κ1) is 22.0. The molecule has 2 atom stereocenters. The Labute approximate surface area is 198 Å². The van der Waals surface area contributed by atoms with Crippen LogP contribution in [0.3, 0.4) is 0 Å². The van der Waals surface area contributed by atoms with Crippen molar-refractivity contribution in [2.24, 2.45) is 0 Å². The van der Waals surface area contributed by atoms with Crippen molar-refractivity contribution in [3.8, 4) is 11.5 Å². The van der Waals surface area contributed by atoms with Gasteiger partial charge in [-0.3, -0.25) is 4.90 Å². The van der Waals surface area contributed by atoms with E-state index in [9.17, 15) is 0 Å². The highest BCUT2D eigenvalue weighted by Crippen LogP contribution is 2.38. The third-order valence-corrected chi connectivity index (χ3v) is 7.37. The van der Waals surface area contributed by atoms with Crippen LogP contribution in [0.25, 0.3) is 0 Å². The van der Waals surface area contributed by atoms with E-state index in [0.29, 0.717) is 0 Å². The van der Waals surface area contributed by atoms with Crippen LogP contribution in [0.4, 0.5) is 0 Å². The molecular weight excluding hydrogens is 406 g/mol. The lowest BCUT2D eigenvalue weighted by atomic mass is 9.78. The minimum atomic E-state index is 0.122. The summed E-state index contributed by atoms with van der Waals surface area (Å²) in [5.41, 5.74) is 7.12. The maximum atomic E-state index is 6.27. The van der Waals surface area contributed by atoms with Gasteiger partial charge in [-0.1, -0.05) is 42.5 Å². The van der Waals surface area contributed by atoms with Crippen LogP contribution in [0.5, 0.6) is 11.5 Å². The summed E-state index contributed by atoms with van der Waals surface area (Å²) < 4.78 is 11.7. The molecule has 3 nitrogen and oxygen atoms in total. The standard InChI is InChI=1S/C30H35NO2/c1-22(31-20-5-6-21-31)33-27-18-14-25(15-19-27)30(24-12-16-26(32-2)17-13-24)29-11-7-9-23-8-3-4-10-28(23)29/h7,9,11-19,22,30H,3-6,8,10,20-21H2,1-2H3. The molecule has 1 heterocycles. The zero-order valence-corrected chi connectivity index (χ0v) is 19.9. The molecule has 2 unspecified atom stereocenters. The van der Waals surface area contributed by atoms with Crippen molar-refractivity contribution in [2.45, 2.75) is 57.6 Å². The van der Waals surface area contributed by atoms with Crippen LogP contribution in [0.2, 0.25) is 0 Å². The second-order valence-electron chi connectivity index (χ2n) is 9.43. The fourth-order valence-electron chi connectivity index (χ4n) is 5.54.